The number of nitrogens with two attached hydrogens (primary N) is 2. The topological polar surface area (TPSA) is 114 Å². The van der Waals surface area contributed by atoms with Gasteiger partial charge in [-0.05, 0) is 64.8 Å². The smallest absolute Gasteiger partial charge is 0.258 e. The van der Waals surface area contributed by atoms with Gasteiger partial charge in [0.1, 0.15) is 0 Å². The highest BCUT2D eigenvalue weighted by Crippen LogP contribution is 2.31. The van der Waals surface area contributed by atoms with E-state index in [0.29, 0.717) is 36.3 Å². The van der Waals surface area contributed by atoms with Gasteiger partial charge in [0.15, 0.2) is 5.96 Å². The number of hydrogen-bond acceptors (Lipinski definition) is 3. The Kier molecular flexibility index (Phi) is 8.48. The van der Waals surface area contributed by atoms with Crippen LogP contribution in [0.1, 0.15) is 79.8 Å². The summed E-state index contributed by atoms with van der Waals surface area (Å²) in [7, 11) is 1.75. The third-order valence-corrected chi connectivity index (χ3v) is 5.65. The van der Waals surface area contributed by atoms with Gasteiger partial charge < -0.3 is 21.7 Å². The van der Waals surface area contributed by atoms with Gasteiger partial charge in [-0.25, -0.2) is 0 Å². The van der Waals surface area contributed by atoms with Gasteiger partial charge in [0.2, 0.25) is 0 Å². The molecule has 2 aromatic rings. The van der Waals surface area contributed by atoms with Gasteiger partial charge in [-0.3, -0.25) is 14.6 Å². The maximum absolute atomic E-state index is 13.4. The molecule has 0 unspecified atom stereocenters. The molecule has 7 heteroatoms. The van der Waals surface area contributed by atoms with E-state index in [2.05, 4.69) is 57.9 Å². The van der Waals surface area contributed by atoms with Crippen LogP contribution in [0.3, 0.4) is 0 Å². The SMILES string of the molecule is CN(C(=O)c1cc(C(C)(C)C)cc(C(C)(C)C)c1)c1ccc(C(=O)NCCCN=C(N)N)cc1. The largest absolute Gasteiger partial charge is 0.370 e. The van der Waals surface area contributed by atoms with E-state index in [9.17, 15) is 9.59 Å². The minimum absolute atomic E-state index is 0.0420. The van der Waals surface area contributed by atoms with Crippen LogP contribution in [0.4, 0.5) is 5.69 Å². The number of aliphatic imine (C=N–C) groups is 1. The van der Waals surface area contributed by atoms with Crippen LogP contribution < -0.4 is 21.7 Å². The van der Waals surface area contributed by atoms with Gasteiger partial charge >= 0.3 is 0 Å². The molecule has 0 aliphatic carbocycles. The van der Waals surface area contributed by atoms with Gasteiger partial charge in [0.25, 0.3) is 11.8 Å². The molecule has 0 heterocycles. The van der Waals surface area contributed by atoms with Gasteiger partial charge in [0.05, 0.1) is 0 Å². The second-order valence-electron chi connectivity index (χ2n) is 10.6. The van der Waals surface area contributed by atoms with Crippen molar-refractivity contribution in [3.05, 3.63) is 64.7 Å². The summed E-state index contributed by atoms with van der Waals surface area (Å²) in [5.41, 5.74) is 14.6. The van der Waals surface area contributed by atoms with Crippen molar-refractivity contribution in [3.8, 4) is 0 Å². The summed E-state index contributed by atoms with van der Waals surface area (Å²) < 4.78 is 0. The van der Waals surface area contributed by atoms with Gasteiger partial charge in [0, 0.05) is 37.0 Å². The van der Waals surface area contributed by atoms with Crippen molar-refractivity contribution in [2.45, 2.75) is 58.8 Å². The molecule has 0 bridgehead atoms. The van der Waals surface area contributed by atoms with E-state index in [0.717, 1.165) is 11.1 Å². The molecular weight excluding hydrogens is 426 g/mol. The summed E-state index contributed by atoms with van der Waals surface area (Å²) in [6, 6.07) is 13.2. The van der Waals surface area contributed by atoms with E-state index < -0.39 is 0 Å². The standard InChI is InChI=1S/C27H39N5O2/c1-26(2,3)20-15-19(16-21(17-20)27(4,5)6)24(34)32(7)22-11-9-18(10-12-22)23(33)30-13-8-14-31-25(28)29/h9-12,15-17H,8,13-14H2,1-7H3,(H,30,33)(H4,28,29,31). The van der Waals surface area contributed by atoms with Crippen molar-refractivity contribution in [3.63, 3.8) is 0 Å². The number of carbonyl (C=O) groups is 2. The van der Waals surface area contributed by atoms with E-state index in [1.54, 1.807) is 36.2 Å². The molecule has 0 aromatic heterocycles. The molecule has 2 amide bonds. The number of guanidine groups is 1. The zero-order valence-electron chi connectivity index (χ0n) is 21.5. The molecular formula is C27H39N5O2. The van der Waals surface area contributed by atoms with Crippen LogP contribution in [-0.2, 0) is 10.8 Å². The lowest BCUT2D eigenvalue weighted by Gasteiger charge is -2.27. The van der Waals surface area contributed by atoms with Crippen molar-refractivity contribution in [1.29, 1.82) is 0 Å². The minimum Gasteiger partial charge on any atom is -0.370 e. The fraction of sp³-hybridized carbons (Fsp3) is 0.444. The summed E-state index contributed by atoms with van der Waals surface area (Å²) in [6.45, 7) is 13.8. The molecule has 0 saturated heterocycles. The average molecular weight is 466 g/mol. The molecule has 2 rings (SSSR count). The van der Waals surface area contributed by atoms with Crippen molar-refractivity contribution in [2.75, 3.05) is 25.0 Å². The van der Waals surface area contributed by atoms with Crippen LogP contribution in [0.5, 0.6) is 0 Å². The lowest BCUT2D eigenvalue weighted by Crippen LogP contribution is -2.28. The maximum Gasteiger partial charge on any atom is 0.258 e. The average Bonchev–Trinajstić information content (AvgIpc) is 2.76. The molecule has 0 aliphatic heterocycles. The maximum atomic E-state index is 13.4. The van der Waals surface area contributed by atoms with E-state index in [1.807, 2.05) is 12.1 Å². The Labute approximate surface area is 203 Å². The van der Waals surface area contributed by atoms with Crippen LogP contribution in [0, 0.1) is 0 Å². The highest BCUT2D eigenvalue weighted by molar-refractivity contribution is 6.06. The monoisotopic (exact) mass is 465 g/mol. The summed E-state index contributed by atoms with van der Waals surface area (Å²) in [4.78, 5) is 31.3. The molecule has 7 nitrogen and oxygen atoms in total. The Morgan fingerprint density at radius 2 is 1.41 bits per heavy atom. The lowest BCUT2D eigenvalue weighted by atomic mass is 9.79. The minimum atomic E-state index is -0.182. The third kappa shape index (κ3) is 7.33. The number of nitrogens with one attached hydrogen (secondary N) is 1. The third-order valence-electron chi connectivity index (χ3n) is 5.65. The number of anilines is 1. The quantitative estimate of drug-likeness (QED) is 0.326. The van der Waals surface area contributed by atoms with E-state index in [-0.39, 0.29) is 28.6 Å². The second-order valence-corrected chi connectivity index (χ2v) is 10.6. The highest BCUT2D eigenvalue weighted by atomic mass is 16.2. The lowest BCUT2D eigenvalue weighted by molar-refractivity contribution is 0.0952. The Balaban J connectivity index is 2.17. The fourth-order valence-electron chi connectivity index (χ4n) is 3.36. The fourth-order valence-corrected chi connectivity index (χ4v) is 3.36. The van der Waals surface area contributed by atoms with Crippen LogP contribution in [0.2, 0.25) is 0 Å². The first-order chi connectivity index (χ1) is 15.7. The van der Waals surface area contributed by atoms with Crippen LogP contribution in [0.15, 0.2) is 47.5 Å². The zero-order valence-corrected chi connectivity index (χ0v) is 21.5. The van der Waals surface area contributed by atoms with Crippen molar-refractivity contribution >= 4 is 23.5 Å². The normalized spacial score (nSPS) is 11.6. The predicted octanol–water partition coefficient (Wildman–Crippen LogP) is 3.95. The molecule has 0 atom stereocenters. The first kappa shape index (κ1) is 26.9. The van der Waals surface area contributed by atoms with Crippen molar-refractivity contribution in [2.24, 2.45) is 16.5 Å². The summed E-state index contributed by atoms with van der Waals surface area (Å²) in [5, 5.41) is 2.84. The first-order valence-corrected chi connectivity index (χ1v) is 11.6. The number of benzene rings is 2. The predicted molar refractivity (Wildman–Crippen MR) is 141 cm³/mol. The number of nitrogens with zero attached hydrogens (tertiary/aromatic N) is 2. The summed E-state index contributed by atoms with van der Waals surface area (Å²) in [5.74, 6) is -0.230. The van der Waals surface area contributed by atoms with Crippen LogP contribution in [0.25, 0.3) is 0 Å². The Bertz CT molecular complexity index is 1010. The summed E-state index contributed by atoms with van der Waals surface area (Å²) in [6.07, 6.45) is 0.642. The Hall–Kier alpha value is -3.35. The van der Waals surface area contributed by atoms with E-state index in [1.165, 1.54) is 0 Å². The van der Waals surface area contributed by atoms with Gasteiger partial charge in [-0.1, -0.05) is 47.6 Å². The van der Waals surface area contributed by atoms with Gasteiger partial charge in [-0.2, -0.15) is 0 Å². The summed E-state index contributed by atoms with van der Waals surface area (Å²) >= 11 is 0. The molecule has 0 fully saturated rings. The van der Waals surface area contributed by atoms with Crippen molar-refractivity contribution < 1.29 is 9.59 Å². The number of amides is 2. The second kappa shape index (κ2) is 10.7. The van der Waals surface area contributed by atoms with E-state index in [4.69, 9.17) is 11.5 Å². The van der Waals surface area contributed by atoms with Crippen molar-refractivity contribution in [1.82, 2.24) is 5.32 Å². The molecule has 0 spiro atoms. The number of carbonyl (C=O) groups excluding carboxylic acids is 2. The first-order valence-electron chi connectivity index (χ1n) is 11.6. The Morgan fingerprint density at radius 1 is 0.882 bits per heavy atom. The molecule has 2 aromatic carbocycles. The zero-order chi connectivity index (χ0) is 25.7. The number of hydrogen-bond donors (Lipinski definition) is 3. The Morgan fingerprint density at radius 3 is 1.88 bits per heavy atom. The molecule has 34 heavy (non-hydrogen) atoms. The van der Waals surface area contributed by atoms with E-state index >= 15 is 0 Å². The molecule has 0 radical (unpaired) electrons. The van der Waals surface area contributed by atoms with Gasteiger partial charge in [-0.15, -0.1) is 0 Å². The molecule has 5 N–H and O–H groups in total. The van der Waals surface area contributed by atoms with Crippen LogP contribution >= 0.6 is 0 Å². The molecule has 0 aliphatic rings. The number of rotatable bonds is 7. The molecule has 184 valence electrons. The highest BCUT2D eigenvalue weighted by Gasteiger charge is 2.24. The van der Waals surface area contributed by atoms with Crippen LogP contribution in [-0.4, -0.2) is 37.9 Å². The molecule has 0 saturated carbocycles.